The summed E-state index contributed by atoms with van der Waals surface area (Å²) in [6.07, 6.45) is 0.746. The molecule has 4 heteroatoms. The summed E-state index contributed by atoms with van der Waals surface area (Å²) in [6, 6.07) is 29.0. The van der Waals surface area contributed by atoms with Gasteiger partial charge in [0.25, 0.3) is 0 Å². The summed E-state index contributed by atoms with van der Waals surface area (Å²) in [7, 11) is 0. The maximum atomic E-state index is 6.30. The Kier molecular flexibility index (Phi) is 4.02. The lowest BCUT2D eigenvalue weighted by Crippen LogP contribution is -2.06. The monoisotopic (exact) mass is 364 g/mol. The number of pyridine rings is 1. The van der Waals surface area contributed by atoms with Crippen molar-refractivity contribution in [3.63, 3.8) is 0 Å². The Balaban J connectivity index is 1.77. The number of imidazole rings is 1. The molecule has 2 heterocycles. The number of rotatable bonds is 4. The van der Waals surface area contributed by atoms with Gasteiger partial charge in [-0.05, 0) is 17.2 Å². The number of nitrogens with two attached hydrogens (primary N) is 1. The van der Waals surface area contributed by atoms with Gasteiger partial charge in [-0.15, -0.1) is 0 Å². The predicted molar refractivity (Wildman–Crippen MR) is 114 cm³/mol. The summed E-state index contributed by atoms with van der Waals surface area (Å²) >= 11 is 0. The smallest absolute Gasteiger partial charge is 0.152 e. The average Bonchev–Trinajstić information content (AvgIpc) is 3.08. The first kappa shape index (κ1) is 16.5. The number of hydrogen-bond acceptors (Lipinski definition) is 3. The zero-order valence-corrected chi connectivity index (χ0v) is 15.4. The standard InChI is InChI=1S/C24H20N4/c25-24-22-23(19-13-7-8-14-20(19)26-24)28(16-18-11-5-2-6-12-18)21(27-22)15-17-9-3-1-4-10-17/h1-14H,15-16H2,(H2,25,26). The molecule has 0 radical (unpaired) electrons. The van der Waals surface area contributed by atoms with E-state index in [4.69, 9.17) is 10.7 Å². The van der Waals surface area contributed by atoms with E-state index in [-0.39, 0.29) is 0 Å². The number of benzene rings is 3. The summed E-state index contributed by atoms with van der Waals surface area (Å²) in [5.74, 6) is 1.48. The van der Waals surface area contributed by atoms with Crippen molar-refractivity contribution in [3.05, 3.63) is 102 Å². The molecule has 0 unspecified atom stereocenters. The highest BCUT2D eigenvalue weighted by Crippen LogP contribution is 2.30. The molecule has 0 amide bonds. The zero-order chi connectivity index (χ0) is 18.9. The quantitative estimate of drug-likeness (QED) is 0.498. The third kappa shape index (κ3) is 2.89. The number of nitrogen functional groups attached to an aromatic ring is 1. The van der Waals surface area contributed by atoms with Gasteiger partial charge in [0.15, 0.2) is 5.82 Å². The minimum atomic E-state index is 0.481. The fourth-order valence-electron chi connectivity index (χ4n) is 3.75. The fraction of sp³-hybridized carbons (Fsp3) is 0.0833. The Morgan fingerprint density at radius 2 is 1.36 bits per heavy atom. The molecule has 5 aromatic rings. The normalized spacial score (nSPS) is 11.3. The van der Waals surface area contributed by atoms with Crippen molar-refractivity contribution in [2.45, 2.75) is 13.0 Å². The van der Waals surface area contributed by atoms with E-state index < -0.39 is 0 Å². The molecule has 2 aromatic heterocycles. The number of fused-ring (bicyclic) bond motifs is 3. The van der Waals surface area contributed by atoms with E-state index in [0.717, 1.165) is 40.7 Å². The van der Waals surface area contributed by atoms with E-state index in [1.165, 1.54) is 11.1 Å². The molecular weight excluding hydrogens is 344 g/mol. The van der Waals surface area contributed by atoms with Crippen LogP contribution in [-0.4, -0.2) is 14.5 Å². The van der Waals surface area contributed by atoms with Gasteiger partial charge < -0.3 is 10.3 Å². The van der Waals surface area contributed by atoms with Crippen molar-refractivity contribution in [2.24, 2.45) is 0 Å². The zero-order valence-electron chi connectivity index (χ0n) is 15.4. The van der Waals surface area contributed by atoms with Crippen molar-refractivity contribution in [1.82, 2.24) is 14.5 Å². The van der Waals surface area contributed by atoms with E-state index in [0.29, 0.717) is 5.82 Å². The van der Waals surface area contributed by atoms with E-state index >= 15 is 0 Å². The first-order chi connectivity index (χ1) is 13.8. The highest BCUT2D eigenvalue weighted by Gasteiger charge is 2.17. The van der Waals surface area contributed by atoms with E-state index in [9.17, 15) is 0 Å². The molecule has 0 aliphatic carbocycles. The Morgan fingerprint density at radius 3 is 2.11 bits per heavy atom. The van der Waals surface area contributed by atoms with Gasteiger partial charge in [0, 0.05) is 18.4 Å². The van der Waals surface area contributed by atoms with E-state index in [1.807, 2.05) is 30.3 Å². The molecule has 5 rings (SSSR count). The summed E-state index contributed by atoms with van der Waals surface area (Å²) in [5, 5.41) is 1.08. The maximum absolute atomic E-state index is 6.30. The van der Waals surface area contributed by atoms with Crippen LogP contribution in [0.5, 0.6) is 0 Å². The highest BCUT2D eigenvalue weighted by atomic mass is 15.1. The lowest BCUT2D eigenvalue weighted by molar-refractivity contribution is 0.764. The second-order valence-corrected chi connectivity index (χ2v) is 6.97. The van der Waals surface area contributed by atoms with Gasteiger partial charge in [-0.1, -0.05) is 78.9 Å². The lowest BCUT2D eigenvalue weighted by atomic mass is 10.1. The predicted octanol–water partition coefficient (Wildman–Crippen LogP) is 4.81. The van der Waals surface area contributed by atoms with Gasteiger partial charge >= 0.3 is 0 Å². The molecule has 0 bridgehead atoms. The molecule has 0 aliphatic rings. The Morgan fingerprint density at radius 1 is 0.714 bits per heavy atom. The van der Waals surface area contributed by atoms with Gasteiger partial charge in [0.05, 0.1) is 11.0 Å². The minimum Gasteiger partial charge on any atom is -0.382 e. The Hall–Kier alpha value is -3.66. The third-order valence-corrected chi connectivity index (χ3v) is 5.08. The van der Waals surface area contributed by atoms with Crippen LogP contribution in [0, 0.1) is 0 Å². The highest BCUT2D eigenvalue weighted by molar-refractivity contribution is 6.06. The van der Waals surface area contributed by atoms with Crippen molar-refractivity contribution >= 4 is 27.8 Å². The molecular formula is C24H20N4. The van der Waals surface area contributed by atoms with Crippen LogP contribution < -0.4 is 5.73 Å². The van der Waals surface area contributed by atoms with E-state index in [2.05, 4.69) is 64.1 Å². The number of anilines is 1. The van der Waals surface area contributed by atoms with Crippen LogP contribution in [0.25, 0.3) is 21.9 Å². The summed E-state index contributed by atoms with van der Waals surface area (Å²) in [4.78, 5) is 9.50. The Labute approximate surface area is 163 Å². The SMILES string of the molecule is Nc1nc2ccccc2c2c1nc(Cc1ccccc1)n2Cc1ccccc1. The molecule has 2 N–H and O–H groups in total. The molecule has 0 fully saturated rings. The van der Waals surface area contributed by atoms with Gasteiger partial charge in [-0.25, -0.2) is 9.97 Å². The summed E-state index contributed by atoms with van der Waals surface area (Å²) in [6.45, 7) is 0.743. The first-order valence-electron chi connectivity index (χ1n) is 9.41. The van der Waals surface area contributed by atoms with Crippen LogP contribution in [0.2, 0.25) is 0 Å². The van der Waals surface area contributed by atoms with Crippen LogP contribution in [0.3, 0.4) is 0 Å². The van der Waals surface area contributed by atoms with E-state index in [1.54, 1.807) is 0 Å². The molecule has 136 valence electrons. The molecule has 0 saturated carbocycles. The Bertz CT molecular complexity index is 1260. The number of aromatic nitrogens is 3. The summed E-state index contributed by atoms with van der Waals surface area (Å²) in [5.41, 5.74) is 11.5. The third-order valence-electron chi connectivity index (χ3n) is 5.08. The molecule has 0 aliphatic heterocycles. The maximum Gasteiger partial charge on any atom is 0.152 e. The minimum absolute atomic E-state index is 0.481. The topological polar surface area (TPSA) is 56.7 Å². The second kappa shape index (κ2) is 6.82. The van der Waals surface area contributed by atoms with Crippen LogP contribution in [0.15, 0.2) is 84.9 Å². The lowest BCUT2D eigenvalue weighted by Gasteiger charge is -2.11. The first-order valence-corrected chi connectivity index (χ1v) is 9.41. The van der Waals surface area contributed by atoms with Crippen molar-refractivity contribution in [3.8, 4) is 0 Å². The van der Waals surface area contributed by atoms with Crippen LogP contribution in [0.4, 0.5) is 5.82 Å². The van der Waals surface area contributed by atoms with Gasteiger partial charge in [0.2, 0.25) is 0 Å². The average molecular weight is 364 g/mol. The van der Waals surface area contributed by atoms with Gasteiger partial charge in [-0.2, -0.15) is 0 Å². The van der Waals surface area contributed by atoms with Gasteiger partial charge in [0.1, 0.15) is 11.3 Å². The molecule has 4 nitrogen and oxygen atoms in total. The largest absolute Gasteiger partial charge is 0.382 e. The number of hydrogen-bond donors (Lipinski definition) is 1. The van der Waals surface area contributed by atoms with Crippen molar-refractivity contribution in [1.29, 1.82) is 0 Å². The molecule has 28 heavy (non-hydrogen) atoms. The number of para-hydroxylation sites is 1. The summed E-state index contributed by atoms with van der Waals surface area (Å²) < 4.78 is 2.29. The molecule has 0 saturated heterocycles. The molecule has 0 spiro atoms. The van der Waals surface area contributed by atoms with Crippen molar-refractivity contribution < 1.29 is 0 Å². The van der Waals surface area contributed by atoms with Crippen LogP contribution >= 0.6 is 0 Å². The van der Waals surface area contributed by atoms with Crippen LogP contribution in [0.1, 0.15) is 17.0 Å². The fourth-order valence-corrected chi connectivity index (χ4v) is 3.75. The second-order valence-electron chi connectivity index (χ2n) is 6.97. The van der Waals surface area contributed by atoms with Crippen molar-refractivity contribution in [2.75, 3.05) is 5.73 Å². The van der Waals surface area contributed by atoms with Crippen LogP contribution in [-0.2, 0) is 13.0 Å². The molecule has 0 atom stereocenters. The molecule has 3 aromatic carbocycles. The number of nitrogens with zero attached hydrogens (tertiary/aromatic N) is 3. The van der Waals surface area contributed by atoms with Gasteiger partial charge in [-0.3, -0.25) is 0 Å².